The van der Waals surface area contributed by atoms with E-state index in [0.29, 0.717) is 11.7 Å². The third-order valence-corrected chi connectivity index (χ3v) is 14.3. The molecule has 200 valence electrons. The van der Waals surface area contributed by atoms with E-state index in [4.69, 9.17) is 9.16 Å². The van der Waals surface area contributed by atoms with Gasteiger partial charge < -0.3 is 0 Å². The summed E-state index contributed by atoms with van der Waals surface area (Å²) in [5.41, 5.74) is 1.99. The van der Waals surface area contributed by atoms with E-state index >= 15 is 0 Å². The summed E-state index contributed by atoms with van der Waals surface area (Å²) in [4.78, 5) is 16.2. The van der Waals surface area contributed by atoms with Crippen LogP contribution in [-0.4, -0.2) is 46.0 Å². The molecule has 1 unspecified atom stereocenters. The molecule has 6 heteroatoms. The van der Waals surface area contributed by atoms with E-state index in [1.807, 2.05) is 65.6 Å². The average molecular weight is 593 g/mol. The predicted molar refractivity (Wildman–Crippen MR) is 159 cm³/mol. The van der Waals surface area contributed by atoms with Crippen LogP contribution in [0.5, 0.6) is 0 Å². The molecule has 0 aliphatic carbocycles. The van der Waals surface area contributed by atoms with Crippen molar-refractivity contribution < 1.29 is 14.0 Å². The van der Waals surface area contributed by atoms with Crippen molar-refractivity contribution in [2.24, 2.45) is 0 Å². The molecule has 0 radical (unpaired) electrons. The number of rotatable bonds is 10. The fourth-order valence-corrected chi connectivity index (χ4v) is 8.01. The molecule has 0 spiro atoms. The first-order valence-electron chi connectivity index (χ1n) is 13.2. The van der Waals surface area contributed by atoms with Crippen molar-refractivity contribution in [3.63, 3.8) is 0 Å². The summed E-state index contributed by atoms with van der Waals surface area (Å²) in [5.74, 6) is -1.26. The maximum absolute atomic E-state index is 14.4. The van der Waals surface area contributed by atoms with Crippen LogP contribution in [0.25, 0.3) is 0 Å². The van der Waals surface area contributed by atoms with E-state index in [-0.39, 0.29) is 31.9 Å². The van der Waals surface area contributed by atoms with Crippen molar-refractivity contribution in [3.8, 4) is 0 Å². The summed E-state index contributed by atoms with van der Waals surface area (Å²) >= 11 is 0.0200. The number of carbonyl (C=O) groups excluding carboxylic acids is 1. The van der Waals surface area contributed by atoms with Gasteiger partial charge >= 0.3 is 236 Å². The van der Waals surface area contributed by atoms with E-state index in [0.717, 1.165) is 11.1 Å². The minimum absolute atomic E-state index is 0.0200. The Bertz CT molecular complexity index is 1210. The molecule has 4 nitrogen and oxygen atoms in total. The molecule has 3 aromatic rings. The Morgan fingerprint density at radius 3 is 2.11 bits per heavy atom. The van der Waals surface area contributed by atoms with Crippen LogP contribution in [0.15, 0.2) is 104 Å². The first-order valence-corrected chi connectivity index (χ1v) is 18.1. The minimum atomic E-state index is -2.38. The second-order valence-electron chi connectivity index (χ2n) is 11.3. The molecule has 1 amide bonds. The van der Waals surface area contributed by atoms with Gasteiger partial charge in [-0.25, -0.2) is 0 Å². The number of hydrogen-bond acceptors (Lipinski definition) is 3. The topological polar surface area (TPSA) is 38.8 Å². The zero-order valence-corrected chi connectivity index (χ0v) is 25.8. The molecule has 1 aliphatic rings. The summed E-state index contributed by atoms with van der Waals surface area (Å²) in [6.45, 7) is 15.3. The van der Waals surface area contributed by atoms with Crippen LogP contribution in [0.1, 0.15) is 38.0 Å². The summed E-state index contributed by atoms with van der Waals surface area (Å²) in [5, 5.41) is 0.524. The number of amides is 1. The predicted octanol–water partition coefficient (Wildman–Crippen LogP) is 6.51. The molecular weight excluding hydrogens is 553 g/mol. The van der Waals surface area contributed by atoms with Crippen LogP contribution >= 0.6 is 0 Å². The molecule has 38 heavy (non-hydrogen) atoms. The summed E-state index contributed by atoms with van der Waals surface area (Å²) < 4.78 is 15.4. The molecule has 0 aromatic heterocycles. The Balaban J connectivity index is 1.82. The zero-order valence-electron chi connectivity index (χ0n) is 23.1. The summed E-state index contributed by atoms with van der Waals surface area (Å²) in [6.07, 6.45) is 1.79. The summed E-state index contributed by atoms with van der Waals surface area (Å²) in [7, 11) is -2.38. The number of ether oxygens (including phenoxy) is 1. The first kappa shape index (κ1) is 28.5. The van der Waals surface area contributed by atoms with Gasteiger partial charge in [-0.05, 0) is 0 Å². The van der Waals surface area contributed by atoms with Crippen molar-refractivity contribution in [2.75, 3.05) is 0 Å². The van der Waals surface area contributed by atoms with Crippen molar-refractivity contribution >= 4 is 33.6 Å². The molecule has 3 atom stereocenters. The Morgan fingerprint density at radius 1 is 1.00 bits per heavy atom. The molecule has 0 N–H and O–H groups in total. The molecule has 3 aromatic carbocycles. The second-order valence-corrected chi connectivity index (χ2v) is 18.2. The maximum atomic E-state index is 14.4. The Hall–Kier alpha value is -2.47. The normalized spacial score (nSPS) is 20.9. The molecule has 1 fully saturated rings. The van der Waals surface area contributed by atoms with Gasteiger partial charge in [0, 0.05) is 0 Å². The third kappa shape index (κ3) is 6.22. The molecule has 1 saturated heterocycles. The molecule has 0 bridgehead atoms. The van der Waals surface area contributed by atoms with E-state index in [2.05, 4.69) is 76.8 Å². The van der Waals surface area contributed by atoms with Gasteiger partial charge in [-0.15, -0.1) is 0 Å². The fraction of sp³-hybridized carbons (Fsp3) is 0.344. The molecular formula is C32H39NO3SeSi. The molecule has 1 aliphatic heterocycles. The van der Waals surface area contributed by atoms with Crippen molar-refractivity contribution in [1.82, 2.24) is 4.90 Å². The molecule has 0 saturated carbocycles. The van der Waals surface area contributed by atoms with E-state index in [9.17, 15) is 4.79 Å². The van der Waals surface area contributed by atoms with E-state index < -0.39 is 20.3 Å². The van der Waals surface area contributed by atoms with Gasteiger partial charge in [-0.2, -0.15) is 0 Å². The number of hydrogen-bond donors (Lipinski definition) is 0. The number of carbonyl (C=O) groups is 1. The number of benzene rings is 3. The van der Waals surface area contributed by atoms with Crippen LogP contribution in [0.3, 0.4) is 0 Å². The van der Waals surface area contributed by atoms with Crippen molar-refractivity contribution in [2.45, 2.75) is 68.7 Å². The van der Waals surface area contributed by atoms with Gasteiger partial charge in [0.15, 0.2) is 0 Å². The number of nitrogens with zero attached hydrogens (tertiary/aromatic N) is 1. The van der Waals surface area contributed by atoms with Crippen LogP contribution in [0.2, 0.25) is 23.5 Å². The van der Waals surface area contributed by atoms with Crippen LogP contribution < -0.4 is 4.46 Å². The molecule has 4 rings (SSSR count). The van der Waals surface area contributed by atoms with Gasteiger partial charge in [0.25, 0.3) is 0 Å². The Morgan fingerprint density at radius 2 is 1.55 bits per heavy atom. The first-order chi connectivity index (χ1) is 18.1. The quantitative estimate of drug-likeness (QED) is 0.199. The zero-order chi connectivity index (χ0) is 27.4. The van der Waals surface area contributed by atoms with Gasteiger partial charge in [0.2, 0.25) is 0 Å². The average Bonchev–Trinajstić information content (AvgIpc) is 3.18. The van der Waals surface area contributed by atoms with Crippen LogP contribution in [0, 0.1) is 0 Å². The van der Waals surface area contributed by atoms with Crippen molar-refractivity contribution in [3.05, 3.63) is 115 Å². The van der Waals surface area contributed by atoms with Crippen molar-refractivity contribution in [1.29, 1.82) is 0 Å². The Kier molecular flexibility index (Phi) is 8.81. The monoisotopic (exact) mass is 593 g/mol. The second kappa shape index (κ2) is 11.7. The van der Waals surface area contributed by atoms with Gasteiger partial charge in [-0.1, -0.05) is 0 Å². The SMILES string of the molecule is C=C[C@@H](Cc1ccccc1)N1C(=O)[C@H](c2ccccc2)OC1(C[Se]c1ccccc1)O[Si](C)(C)C(C)(C)C. The Labute approximate surface area is 235 Å². The van der Waals surface area contributed by atoms with Gasteiger partial charge in [0.05, 0.1) is 0 Å². The third-order valence-electron chi connectivity index (χ3n) is 7.51. The van der Waals surface area contributed by atoms with Gasteiger partial charge in [-0.3, -0.25) is 0 Å². The standard InChI is InChI=1S/C32H39NO3SeSi/c1-7-27(23-25-17-11-8-12-18-25)33-30(34)29(26-19-13-9-14-20-26)35-32(33,36-38(5,6)31(2,3)4)24-37-28-21-15-10-16-22-28/h7-22,27,29H,1,23-24H2,2-6H3/t27-,29-,32?/m0/s1. The van der Waals surface area contributed by atoms with E-state index in [1.165, 1.54) is 4.46 Å². The fourth-order valence-electron chi connectivity index (χ4n) is 4.43. The van der Waals surface area contributed by atoms with Gasteiger partial charge in [0.1, 0.15) is 0 Å². The molecule has 1 heterocycles. The van der Waals surface area contributed by atoms with Crippen LogP contribution in [0.4, 0.5) is 0 Å². The summed E-state index contributed by atoms with van der Waals surface area (Å²) in [6, 6.07) is 30.2. The van der Waals surface area contributed by atoms with Crippen LogP contribution in [-0.2, 0) is 20.4 Å². The van der Waals surface area contributed by atoms with E-state index in [1.54, 1.807) is 0 Å².